The summed E-state index contributed by atoms with van der Waals surface area (Å²) < 4.78 is 57.2. The summed E-state index contributed by atoms with van der Waals surface area (Å²) in [6, 6.07) is 55.5. The zero-order valence-electron chi connectivity index (χ0n) is 48.2. The SMILES string of the molecule is [2H]C([2H])([2H])c1c[c-]c(-c2cc(C(C)(C)C)ccn2)cc1.[2H]C([2H])([2H])c1c[c-]c(-c2nc3ccc(C(C)(C)C)cc3n2-c2c(C(C)C)cc(-c3ccccc3)cc2C(C)C)c2oc3cc4c(ccc5ccccc54)cc3c12.[Ir]. The van der Waals surface area contributed by atoms with Gasteiger partial charge in [0.1, 0.15) is 5.58 Å². The minimum Gasteiger partial charge on any atom is -0.501 e. The molecule has 0 fully saturated rings. The molecule has 0 spiro atoms. The van der Waals surface area contributed by atoms with Crippen LogP contribution in [0.25, 0.3) is 94.0 Å². The Balaban J connectivity index is 0.000000290. The van der Waals surface area contributed by atoms with Crippen molar-refractivity contribution in [2.45, 2.75) is 106 Å². The summed E-state index contributed by atoms with van der Waals surface area (Å²) in [5.41, 5.74) is 13.9. The van der Waals surface area contributed by atoms with Crippen molar-refractivity contribution in [2.75, 3.05) is 0 Å². The predicted octanol–water partition coefficient (Wildman–Crippen LogP) is 18.4. The van der Waals surface area contributed by atoms with Crippen molar-refractivity contribution < 1.29 is 32.7 Å². The number of benzene rings is 8. The maximum absolute atomic E-state index is 8.65. The van der Waals surface area contributed by atoms with Gasteiger partial charge in [0.25, 0.3) is 0 Å². The number of pyridine rings is 1. The van der Waals surface area contributed by atoms with E-state index < -0.39 is 13.7 Å². The van der Waals surface area contributed by atoms with Gasteiger partial charge in [-0.25, -0.2) is 0 Å². The maximum atomic E-state index is 8.65. The molecule has 0 atom stereocenters. The van der Waals surface area contributed by atoms with Gasteiger partial charge in [0, 0.05) is 45.6 Å². The van der Waals surface area contributed by atoms with E-state index in [2.05, 4.69) is 188 Å². The molecule has 0 bridgehead atoms. The number of fused-ring (bicyclic) bond motifs is 7. The van der Waals surface area contributed by atoms with Crippen molar-refractivity contribution >= 4 is 54.5 Å². The number of aromatic nitrogens is 3. The molecule has 3 heterocycles. The van der Waals surface area contributed by atoms with E-state index in [0.717, 1.165) is 54.9 Å². The minimum absolute atomic E-state index is 0. The van der Waals surface area contributed by atoms with Gasteiger partial charge in [0.05, 0.1) is 22.4 Å². The number of aryl methyl sites for hydroxylation is 2. The number of hydrogen-bond donors (Lipinski definition) is 0. The molecule has 0 unspecified atom stereocenters. The third-order valence-corrected chi connectivity index (χ3v) is 13.6. The first-order chi connectivity index (χ1) is 35.9. The molecule has 0 N–H and O–H groups in total. The predicted molar refractivity (Wildman–Crippen MR) is 297 cm³/mol. The molecule has 359 valence electrons. The molecule has 0 aliphatic rings. The van der Waals surface area contributed by atoms with Gasteiger partial charge in [0.2, 0.25) is 0 Å². The van der Waals surface area contributed by atoms with Gasteiger partial charge in [-0.1, -0.05) is 173 Å². The summed E-state index contributed by atoms with van der Waals surface area (Å²) in [7, 11) is 0. The fourth-order valence-electron chi connectivity index (χ4n) is 9.67. The van der Waals surface area contributed by atoms with Crippen molar-refractivity contribution in [1.29, 1.82) is 0 Å². The van der Waals surface area contributed by atoms with Crippen molar-refractivity contribution in [1.82, 2.24) is 14.5 Å². The van der Waals surface area contributed by atoms with E-state index in [9.17, 15) is 0 Å². The summed E-state index contributed by atoms with van der Waals surface area (Å²) in [4.78, 5) is 9.75. The summed E-state index contributed by atoms with van der Waals surface area (Å²) >= 11 is 0. The fraction of sp³-hybridized carbons (Fsp3) is 0.242. The molecular weight excluding hydrogens is 1040 g/mol. The van der Waals surface area contributed by atoms with Gasteiger partial charge in [-0.05, 0) is 126 Å². The Hall–Kier alpha value is -6.65. The fourth-order valence-corrected chi connectivity index (χ4v) is 9.67. The molecule has 0 aliphatic carbocycles. The number of imidazole rings is 1. The summed E-state index contributed by atoms with van der Waals surface area (Å²) in [6.45, 7) is 17.7. The van der Waals surface area contributed by atoms with Gasteiger partial charge in [0.15, 0.2) is 0 Å². The first-order valence-electron chi connectivity index (χ1n) is 27.4. The van der Waals surface area contributed by atoms with Crippen LogP contribution in [0.1, 0.15) is 123 Å². The van der Waals surface area contributed by atoms with Gasteiger partial charge in [-0.15, -0.1) is 53.1 Å². The first-order valence-corrected chi connectivity index (χ1v) is 24.4. The van der Waals surface area contributed by atoms with Crippen molar-refractivity contribution in [3.8, 4) is 39.5 Å². The Bertz CT molecular complexity index is 3960. The Labute approximate surface area is 442 Å². The quantitative estimate of drug-likeness (QED) is 0.123. The Morgan fingerprint density at radius 3 is 2.00 bits per heavy atom. The van der Waals surface area contributed by atoms with E-state index in [0.29, 0.717) is 33.5 Å². The average molecular weight is 1110 g/mol. The number of furan rings is 1. The van der Waals surface area contributed by atoms with Crippen molar-refractivity contribution in [3.63, 3.8) is 0 Å². The van der Waals surface area contributed by atoms with Crippen LogP contribution in [-0.2, 0) is 30.9 Å². The van der Waals surface area contributed by atoms with Crippen LogP contribution in [0.4, 0.5) is 0 Å². The van der Waals surface area contributed by atoms with E-state index in [4.69, 9.17) is 17.6 Å². The van der Waals surface area contributed by atoms with Gasteiger partial charge < -0.3 is 14.0 Å². The number of nitrogens with zero attached hydrogens (tertiary/aromatic N) is 3. The summed E-state index contributed by atoms with van der Waals surface area (Å²) in [5, 5.41) is 5.67. The van der Waals surface area contributed by atoms with Gasteiger partial charge in [-0.2, -0.15) is 0 Å². The normalized spacial score (nSPS) is 13.7. The number of rotatable bonds is 6. The van der Waals surface area contributed by atoms with Crippen LogP contribution >= 0.6 is 0 Å². The van der Waals surface area contributed by atoms with Crippen LogP contribution in [-0.4, -0.2) is 14.5 Å². The van der Waals surface area contributed by atoms with Crippen molar-refractivity contribution in [2.24, 2.45) is 0 Å². The van der Waals surface area contributed by atoms with E-state index in [1.165, 1.54) is 39.4 Å². The molecule has 71 heavy (non-hydrogen) atoms. The molecule has 0 amide bonds. The molecule has 0 saturated carbocycles. The Morgan fingerprint density at radius 2 is 1.32 bits per heavy atom. The second-order valence-corrected chi connectivity index (χ2v) is 21.3. The molecular formula is C66H63IrN3O-2. The topological polar surface area (TPSA) is 43.9 Å². The zero-order valence-corrected chi connectivity index (χ0v) is 44.6. The Morgan fingerprint density at radius 1 is 0.620 bits per heavy atom. The van der Waals surface area contributed by atoms with E-state index in [-0.39, 0.29) is 48.3 Å². The molecule has 3 aromatic heterocycles. The maximum Gasteiger partial charge on any atom is 0.121 e. The van der Waals surface area contributed by atoms with Crippen LogP contribution in [0.3, 0.4) is 0 Å². The van der Waals surface area contributed by atoms with Gasteiger partial charge >= 0.3 is 0 Å². The standard InChI is InChI=1S/C50H45N2O.C16H18N.Ir/c1-29(2)39-25-35(32-14-10-9-11-15-32)26-40(30(3)4)47(39)52-44-27-36(50(6,7)8)21-23-43(44)51-49(52)38-22-18-31(5)46-42-24-34-20-19-33-16-12-13-17-37(33)41(34)28-45(42)53-48(38)46;1-12-5-7-13(8-6-12)15-11-14(9-10-17-15)16(2,3)4;/h9-21,23-30H,1-8H3;5-7,9-11H,1-4H3;/q2*-1;/i5D3;1D3;. The first kappa shape index (κ1) is 42.1. The smallest absolute Gasteiger partial charge is 0.121 e. The molecule has 0 aliphatic heterocycles. The molecule has 0 saturated heterocycles. The molecule has 8 aromatic carbocycles. The van der Waals surface area contributed by atoms with Crippen LogP contribution in [0, 0.1) is 25.8 Å². The van der Waals surface area contributed by atoms with Crippen molar-refractivity contribution in [3.05, 3.63) is 197 Å². The third-order valence-electron chi connectivity index (χ3n) is 13.6. The molecule has 11 aromatic rings. The van der Waals surface area contributed by atoms with E-state index in [1.54, 1.807) is 24.4 Å². The second kappa shape index (κ2) is 19.2. The van der Waals surface area contributed by atoms with Crippen LogP contribution < -0.4 is 0 Å². The van der Waals surface area contributed by atoms with Crippen LogP contribution in [0.15, 0.2) is 156 Å². The average Bonchev–Trinajstić information content (AvgIpc) is 4.16. The monoisotopic (exact) mass is 1110 g/mol. The summed E-state index contributed by atoms with van der Waals surface area (Å²) in [6.07, 6.45) is 1.78. The summed E-state index contributed by atoms with van der Waals surface area (Å²) in [5.74, 6) is 1.02. The zero-order chi connectivity index (χ0) is 54.2. The van der Waals surface area contributed by atoms with Crippen LogP contribution in [0.2, 0.25) is 0 Å². The molecule has 1 radical (unpaired) electrons. The molecule has 5 heteroatoms. The molecule has 11 rings (SSSR count). The minimum atomic E-state index is -2.40. The number of hydrogen-bond acceptors (Lipinski definition) is 3. The van der Waals surface area contributed by atoms with E-state index in [1.807, 2.05) is 24.3 Å². The van der Waals surface area contributed by atoms with Gasteiger partial charge in [-0.3, -0.25) is 4.98 Å². The molecule has 4 nitrogen and oxygen atoms in total. The largest absolute Gasteiger partial charge is 0.501 e. The second-order valence-electron chi connectivity index (χ2n) is 21.3. The van der Waals surface area contributed by atoms with Crippen LogP contribution in [0.5, 0.6) is 0 Å². The van der Waals surface area contributed by atoms with E-state index >= 15 is 0 Å². The Kier molecular flexibility index (Phi) is 11.4. The third kappa shape index (κ3) is 9.39.